The van der Waals surface area contributed by atoms with Crippen LogP contribution >= 0.6 is 0 Å². The summed E-state index contributed by atoms with van der Waals surface area (Å²) in [5.74, 6) is -0.533. The fourth-order valence-electron chi connectivity index (χ4n) is 8.47. The smallest absolute Gasteiger partial charge is 0.308 e. The first-order valence-corrected chi connectivity index (χ1v) is 21.9. The number of anilines is 6. The van der Waals surface area contributed by atoms with E-state index in [-0.39, 0.29) is 46.4 Å². The first kappa shape index (κ1) is 43.7. The SMILES string of the molecule is CCCCc1cc(=O)[nH]c(NC(=O)Nc2ccc3c(c2)C2c4ccc(NC(=O)Nc5nc(CCCC)cc(=O)[nH]5)cc4C3c3cc(NC(=O)Nc4nc(CCCC)cc(=O)[nH]4)ccc32)n1. The van der Waals surface area contributed by atoms with Gasteiger partial charge in [0.1, 0.15) is 0 Å². The van der Waals surface area contributed by atoms with Gasteiger partial charge in [-0.2, -0.15) is 0 Å². The van der Waals surface area contributed by atoms with Gasteiger partial charge in [-0.15, -0.1) is 0 Å². The van der Waals surface area contributed by atoms with E-state index in [1.165, 1.54) is 18.2 Å². The fourth-order valence-corrected chi connectivity index (χ4v) is 8.47. The van der Waals surface area contributed by atoms with Gasteiger partial charge in [-0.1, -0.05) is 58.2 Å². The molecule has 6 amide bonds. The Morgan fingerprint density at radius 2 is 0.723 bits per heavy atom. The van der Waals surface area contributed by atoms with E-state index >= 15 is 0 Å². The average molecular weight is 879 g/mol. The standard InChI is InChI=1S/C47H50N12O6/c1-4-7-10-25-22-37(60)54-42(48-25)57-45(63)51-28-15-18-33-34(19-28)40-31-16-13-29(52-46(64)58-43-49-26(11-8-5-2)23-38(61)55-43)20-35(31)41(33)36-21-30(14-17-32(36)40)53-47(65)59-44-50-27(12-9-6-3)24-39(62)56-44/h13-24,40-41H,4-12H2,1-3H3,(H3,48,51,54,57,60,63)(H3,49,52,55,58,61,64)(H3,50,53,56,59,62,65). The molecule has 0 fully saturated rings. The zero-order valence-corrected chi connectivity index (χ0v) is 36.2. The molecule has 0 unspecified atom stereocenters. The maximum absolute atomic E-state index is 13.3. The number of nitrogens with one attached hydrogen (secondary N) is 9. The zero-order valence-electron chi connectivity index (χ0n) is 36.2. The van der Waals surface area contributed by atoms with Crippen molar-refractivity contribution in [2.75, 3.05) is 31.9 Å². The second-order valence-corrected chi connectivity index (χ2v) is 16.2. The molecule has 0 radical (unpaired) electrons. The van der Waals surface area contributed by atoms with Crippen molar-refractivity contribution in [3.05, 3.63) is 154 Å². The Kier molecular flexibility index (Phi) is 12.9. The molecule has 9 N–H and O–H groups in total. The fraction of sp³-hybridized carbons (Fsp3) is 0.298. The lowest BCUT2D eigenvalue weighted by atomic mass is 9.61. The number of aromatic amines is 3. The van der Waals surface area contributed by atoms with Crippen molar-refractivity contribution in [1.82, 2.24) is 29.9 Å². The number of rotatable bonds is 15. The van der Waals surface area contributed by atoms with Gasteiger partial charge in [-0.3, -0.25) is 45.3 Å². The van der Waals surface area contributed by atoms with Crippen molar-refractivity contribution < 1.29 is 14.4 Å². The molecule has 3 aliphatic carbocycles. The van der Waals surface area contributed by atoms with Crippen molar-refractivity contribution in [2.24, 2.45) is 0 Å². The van der Waals surface area contributed by atoms with Crippen molar-refractivity contribution >= 4 is 53.0 Å². The van der Waals surface area contributed by atoms with Crippen LogP contribution in [0.5, 0.6) is 0 Å². The Hall–Kier alpha value is -7.89. The molecule has 18 nitrogen and oxygen atoms in total. The first-order chi connectivity index (χ1) is 31.5. The number of hydrogen-bond acceptors (Lipinski definition) is 9. The molecule has 65 heavy (non-hydrogen) atoms. The number of carbonyl (C=O) groups excluding carboxylic acids is 3. The number of hydrogen-bond donors (Lipinski definition) is 9. The van der Waals surface area contributed by atoms with Crippen molar-refractivity contribution in [3.63, 3.8) is 0 Å². The van der Waals surface area contributed by atoms with E-state index < -0.39 is 18.1 Å². The number of unbranched alkanes of at least 4 members (excludes halogenated alkanes) is 3. The largest absolute Gasteiger partial charge is 0.326 e. The normalized spacial score (nSPS) is 14.1. The Balaban J connectivity index is 1.07. The molecule has 334 valence electrons. The van der Waals surface area contributed by atoms with E-state index in [0.29, 0.717) is 53.4 Å². The summed E-state index contributed by atoms with van der Waals surface area (Å²) in [7, 11) is 0. The van der Waals surface area contributed by atoms with Crippen LogP contribution in [0.2, 0.25) is 0 Å². The number of carbonyl (C=O) groups is 3. The second-order valence-electron chi connectivity index (χ2n) is 16.2. The minimum absolute atomic E-state index is 0.0412. The van der Waals surface area contributed by atoms with Gasteiger partial charge in [0, 0.05) is 64.2 Å². The number of urea groups is 3. The van der Waals surface area contributed by atoms with Gasteiger partial charge in [0.05, 0.1) is 0 Å². The van der Waals surface area contributed by atoms with Crippen LogP contribution in [0.4, 0.5) is 49.3 Å². The minimum Gasteiger partial charge on any atom is -0.308 e. The molecule has 3 aromatic carbocycles. The summed E-state index contributed by atoms with van der Waals surface area (Å²) < 4.78 is 0. The number of amides is 6. The maximum Gasteiger partial charge on any atom is 0.326 e. The summed E-state index contributed by atoms with van der Waals surface area (Å²) in [5, 5.41) is 16.6. The van der Waals surface area contributed by atoms with E-state index in [0.717, 1.165) is 71.9 Å². The van der Waals surface area contributed by atoms with Crippen LogP contribution in [-0.4, -0.2) is 48.0 Å². The summed E-state index contributed by atoms with van der Waals surface area (Å²) in [6.07, 6.45) is 7.19. The lowest BCUT2D eigenvalue weighted by Crippen LogP contribution is -2.29. The van der Waals surface area contributed by atoms with E-state index in [2.05, 4.69) is 61.8 Å². The van der Waals surface area contributed by atoms with Crippen LogP contribution in [0, 0.1) is 0 Å². The topological polar surface area (TPSA) is 261 Å². The average Bonchev–Trinajstić information content (AvgIpc) is 3.25. The highest BCUT2D eigenvalue weighted by Gasteiger charge is 2.42. The highest BCUT2D eigenvalue weighted by atomic mass is 16.2. The van der Waals surface area contributed by atoms with Crippen LogP contribution in [-0.2, 0) is 19.3 Å². The van der Waals surface area contributed by atoms with E-state index in [1.54, 1.807) is 18.2 Å². The van der Waals surface area contributed by atoms with Crippen molar-refractivity contribution in [3.8, 4) is 0 Å². The Morgan fingerprint density at radius 3 is 1.02 bits per heavy atom. The molecule has 9 rings (SSSR count). The van der Waals surface area contributed by atoms with Crippen LogP contribution in [0.3, 0.4) is 0 Å². The molecule has 2 bridgehead atoms. The third kappa shape index (κ3) is 10.2. The quantitative estimate of drug-likeness (QED) is 0.0484. The molecule has 0 spiro atoms. The molecule has 0 atom stereocenters. The van der Waals surface area contributed by atoms with Crippen LogP contribution in [0.15, 0.2) is 87.2 Å². The molecule has 0 saturated carbocycles. The van der Waals surface area contributed by atoms with Gasteiger partial charge < -0.3 is 16.0 Å². The van der Waals surface area contributed by atoms with Gasteiger partial charge >= 0.3 is 18.1 Å². The van der Waals surface area contributed by atoms with Gasteiger partial charge in [0.25, 0.3) is 16.7 Å². The van der Waals surface area contributed by atoms with E-state index in [1.807, 2.05) is 57.2 Å². The number of aryl methyl sites for hydroxylation is 3. The monoisotopic (exact) mass is 878 g/mol. The minimum atomic E-state index is -0.590. The molecular weight excluding hydrogens is 829 g/mol. The predicted molar refractivity (Wildman–Crippen MR) is 250 cm³/mol. The molecule has 3 heterocycles. The summed E-state index contributed by atoms with van der Waals surface area (Å²) in [5.41, 5.74) is 7.91. The molecule has 0 saturated heterocycles. The van der Waals surface area contributed by atoms with Crippen LogP contribution < -0.4 is 48.6 Å². The third-order valence-electron chi connectivity index (χ3n) is 11.3. The summed E-state index contributed by atoms with van der Waals surface area (Å²) in [4.78, 5) is 97.8. The van der Waals surface area contributed by atoms with Crippen molar-refractivity contribution in [1.29, 1.82) is 0 Å². The number of benzene rings is 3. The highest BCUT2D eigenvalue weighted by Crippen LogP contribution is 2.57. The molecule has 3 aromatic heterocycles. The summed E-state index contributed by atoms with van der Waals surface area (Å²) in [6, 6.07) is 19.5. The Morgan fingerprint density at radius 1 is 0.431 bits per heavy atom. The maximum atomic E-state index is 13.3. The van der Waals surface area contributed by atoms with Crippen LogP contribution in [0.25, 0.3) is 0 Å². The predicted octanol–water partition coefficient (Wildman–Crippen LogP) is 7.88. The van der Waals surface area contributed by atoms with Gasteiger partial charge in [-0.05, 0) is 108 Å². The molecule has 6 aromatic rings. The number of nitrogens with zero attached hydrogens (tertiary/aromatic N) is 3. The molecule has 3 aliphatic rings. The van der Waals surface area contributed by atoms with E-state index in [4.69, 9.17) is 0 Å². The number of aromatic nitrogens is 6. The molecular formula is C47H50N12O6. The van der Waals surface area contributed by atoms with Gasteiger partial charge in [-0.25, -0.2) is 29.3 Å². The Labute approximate surface area is 372 Å². The molecule has 0 aliphatic heterocycles. The van der Waals surface area contributed by atoms with Gasteiger partial charge in [0.2, 0.25) is 17.8 Å². The molecule has 18 heteroatoms. The second kappa shape index (κ2) is 19.2. The lowest BCUT2D eigenvalue weighted by Gasteiger charge is -2.42. The highest BCUT2D eigenvalue weighted by molar-refractivity contribution is 6.00. The lowest BCUT2D eigenvalue weighted by molar-refractivity contribution is 0.261. The Bertz CT molecular complexity index is 2840. The third-order valence-corrected chi connectivity index (χ3v) is 11.3. The van der Waals surface area contributed by atoms with Gasteiger partial charge in [0.15, 0.2) is 0 Å². The van der Waals surface area contributed by atoms with Crippen molar-refractivity contribution in [2.45, 2.75) is 90.4 Å². The first-order valence-electron chi connectivity index (χ1n) is 21.9. The summed E-state index contributed by atoms with van der Waals surface area (Å²) >= 11 is 0. The number of H-pyrrole nitrogens is 3. The summed E-state index contributed by atoms with van der Waals surface area (Å²) in [6.45, 7) is 6.14. The zero-order chi connectivity index (χ0) is 45.6. The van der Waals surface area contributed by atoms with Crippen LogP contribution in [0.1, 0.15) is 122 Å². The van der Waals surface area contributed by atoms with E-state index in [9.17, 15) is 28.8 Å².